The standard InChI is InChI=1S/C22H17ClFN3O2S/c1-25-30(28,29)21-8-3-2-5-15(21)14-9-11-19-20(13-14)27-22(26-19)12-10-16-17(23)6-4-7-18(16)24/h2-13,25H,1H3,(H,26,27). The number of nitrogens with zero attached hydrogens (tertiary/aromatic N) is 1. The van der Waals surface area contributed by atoms with E-state index in [9.17, 15) is 12.8 Å². The fourth-order valence-corrected chi connectivity index (χ4v) is 4.33. The zero-order valence-electron chi connectivity index (χ0n) is 15.9. The predicted octanol–water partition coefficient (Wildman–Crippen LogP) is 5.10. The Morgan fingerprint density at radius 2 is 1.87 bits per heavy atom. The van der Waals surface area contributed by atoms with E-state index in [1.807, 2.05) is 18.2 Å². The highest BCUT2D eigenvalue weighted by Gasteiger charge is 2.17. The number of benzene rings is 3. The van der Waals surface area contributed by atoms with Crippen molar-refractivity contribution in [3.8, 4) is 11.1 Å². The number of aromatic amines is 1. The van der Waals surface area contributed by atoms with E-state index in [2.05, 4.69) is 14.7 Å². The van der Waals surface area contributed by atoms with E-state index in [-0.39, 0.29) is 10.5 Å². The van der Waals surface area contributed by atoms with Crippen LogP contribution in [0.4, 0.5) is 4.39 Å². The van der Waals surface area contributed by atoms with E-state index in [0.29, 0.717) is 21.9 Å². The molecule has 0 saturated heterocycles. The lowest BCUT2D eigenvalue weighted by molar-refractivity contribution is 0.588. The summed E-state index contributed by atoms with van der Waals surface area (Å²) in [4.78, 5) is 7.85. The smallest absolute Gasteiger partial charge is 0.240 e. The van der Waals surface area contributed by atoms with Crippen molar-refractivity contribution in [2.24, 2.45) is 0 Å². The molecule has 0 aliphatic carbocycles. The summed E-state index contributed by atoms with van der Waals surface area (Å²) in [6.07, 6.45) is 3.20. The number of halogens is 2. The van der Waals surface area contributed by atoms with Gasteiger partial charge in [0.05, 0.1) is 21.0 Å². The first kappa shape index (κ1) is 20.3. The summed E-state index contributed by atoms with van der Waals surface area (Å²) < 4.78 is 41.0. The van der Waals surface area contributed by atoms with Gasteiger partial charge in [0.15, 0.2) is 0 Å². The molecule has 4 rings (SSSR count). The van der Waals surface area contributed by atoms with E-state index >= 15 is 0 Å². The summed E-state index contributed by atoms with van der Waals surface area (Å²) in [6, 6.07) is 16.7. The molecule has 0 amide bonds. The number of H-pyrrole nitrogens is 1. The first-order valence-electron chi connectivity index (χ1n) is 9.04. The largest absolute Gasteiger partial charge is 0.338 e. The molecule has 0 spiro atoms. The topological polar surface area (TPSA) is 74.8 Å². The van der Waals surface area contributed by atoms with E-state index in [4.69, 9.17) is 11.6 Å². The Balaban J connectivity index is 1.74. The number of fused-ring (bicyclic) bond motifs is 1. The van der Waals surface area contributed by atoms with Crippen molar-refractivity contribution in [3.05, 3.63) is 82.9 Å². The predicted molar refractivity (Wildman–Crippen MR) is 118 cm³/mol. The van der Waals surface area contributed by atoms with E-state index in [1.165, 1.54) is 13.1 Å². The summed E-state index contributed by atoms with van der Waals surface area (Å²) in [6.45, 7) is 0. The number of aromatic nitrogens is 2. The van der Waals surface area contributed by atoms with Gasteiger partial charge in [0, 0.05) is 11.1 Å². The molecule has 30 heavy (non-hydrogen) atoms. The van der Waals surface area contributed by atoms with Gasteiger partial charge in [0.1, 0.15) is 11.6 Å². The zero-order valence-corrected chi connectivity index (χ0v) is 17.4. The van der Waals surface area contributed by atoms with Gasteiger partial charge in [-0.2, -0.15) is 0 Å². The highest BCUT2D eigenvalue weighted by atomic mass is 35.5. The van der Waals surface area contributed by atoms with Crippen molar-refractivity contribution in [2.75, 3.05) is 7.05 Å². The lowest BCUT2D eigenvalue weighted by atomic mass is 10.1. The van der Waals surface area contributed by atoms with Crippen LogP contribution in [0.15, 0.2) is 65.6 Å². The van der Waals surface area contributed by atoms with Crippen LogP contribution in [0, 0.1) is 5.82 Å². The van der Waals surface area contributed by atoms with Gasteiger partial charge in [0.2, 0.25) is 10.0 Å². The molecule has 2 N–H and O–H groups in total. The molecule has 1 heterocycles. The Hall–Kier alpha value is -3.00. The van der Waals surface area contributed by atoms with Crippen LogP contribution in [0.2, 0.25) is 5.02 Å². The number of rotatable bonds is 5. The second-order valence-electron chi connectivity index (χ2n) is 6.53. The quantitative estimate of drug-likeness (QED) is 0.452. The number of nitrogens with one attached hydrogen (secondary N) is 2. The number of imidazole rings is 1. The molecule has 1 aromatic heterocycles. The third-order valence-corrected chi connectivity index (χ3v) is 6.47. The van der Waals surface area contributed by atoms with Crippen molar-refractivity contribution in [2.45, 2.75) is 4.90 Å². The molecule has 0 atom stereocenters. The average Bonchev–Trinajstić information content (AvgIpc) is 3.15. The molecule has 3 aromatic carbocycles. The van der Waals surface area contributed by atoms with Crippen molar-refractivity contribution in [3.63, 3.8) is 0 Å². The summed E-state index contributed by atoms with van der Waals surface area (Å²) in [5.74, 6) is 0.108. The summed E-state index contributed by atoms with van der Waals surface area (Å²) in [5.41, 5.74) is 3.00. The third kappa shape index (κ3) is 3.87. The third-order valence-electron chi connectivity index (χ3n) is 4.67. The second kappa shape index (κ2) is 8.02. The van der Waals surface area contributed by atoms with Crippen LogP contribution < -0.4 is 4.72 Å². The minimum Gasteiger partial charge on any atom is -0.338 e. The van der Waals surface area contributed by atoms with Gasteiger partial charge in [-0.25, -0.2) is 22.5 Å². The Bertz CT molecular complexity index is 1360. The maximum Gasteiger partial charge on any atom is 0.240 e. The molecule has 5 nitrogen and oxygen atoms in total. The number of hydrogen-bond acceptors (Lipinski definition) is 3. The minimum absolute atomic E-state index is 0.191. The lowest BCUT2D eigenvalue weighted by Crippen LogP contribution is -2.19. The zero-order chi connectivity index (χ0) is 21.3. The van der Waals surface area contributed by atoms with Gasteiger partial charge in [-0.1, -0.05) is 41.9 Å². The van der Waals surface area contributed by atoms with Crippen molar-refractivity contribution in [1.82, 2.24) is 14.7 Å². The van der Waals surface area contributed by atoms with Gasteiger partial charge < -0.3 is 4.98 Å². The Morgan fingerprint density at radius 3 is 2.63 bits per heavy atom. The van der Waals surface area contributed by atoms with Crippen LogP contribution in [0.25, 0.3) is 34.3 Å². The van der Waals surface area contributed by atoms with Crippen LogP contribution >= 0.6 is 11.6 Å². The Kier molecular flexibility index (Phi) is 5.42. The van der Waals surface area contributed by atoms with E-state index in [0.717, 1.165) is 11.1 Å². The van der Waals surface area contributed by atoms with E-state index in [1.54, 1.807) is 48.6 Å². The number of hydrogen-bond donors (Lipinski definition) is 2. The highest BCUT2D eigenvalue weighted by molar-refractivity contribution is 7.89. The van der Waals surface area contributed by atoms with Gasteiger partial charge in [-0.05, 0) is 55.1 Å². The Labute approximate surface area is 178 Å². The molecular weight excluding hydrogens is 425 g/mol. The summed E-state index contributed by atoms with van der Waals surface area (Å²) in [7, 11) is -2.23. The molecular formula is C22H17ClFN3O2S. The van der Waals surface area contributed by atoms with Crippen molar-refractivity contribution >= 4 is 44.8 Å². The molecule has 0 saturated carbocycles. The highest BCUT2D eigenvalue weighted by Crippen LogP contribution is 2.29. The maximum absolute atomic E-state index is 13.9. The van der Waals surface area contributed by atoms with Crippen LogP contribution in [0.3, 0.4) is 0 Å². The van der Waals surface area contributed by atoms with Crippen molar-refractivity contribution < 1.29 is 12.8 Å². The van der Waals surface area contributed by atoms with Gasteiger partial charge in [-0.3, -0.25) is 0 Å². The summed E-state index contributed by atoms with van der Waals surface area (Å²) >= 11 is 6.05. The Morgan fingerprint density at radius 1 is 1.07 bits per heavy atom. The van der Waals surface area contributed by atoms with Gasteiger partial charge >= 0.3 is 0 Å². The van der Waals surface area contributed by atoms with Crippen LogP contribution in [-0.4, -0.2) is 25.4 Å². The fourth-order valence-electron chi connectivity index (χ4n) is 3.15. The minimum atomic E-state index is -3.61. The molecule has 0 bridgehead atoms. The van der Waals surface area contributed by atoms with Crippen molar-refractivity contribution in [1.29, 1.82) is 0 Å². The first-order chi connectivity index (χ1) is 14.4. The normalized spacial score (nSPS) is 12.1. The lowest BCUT2D eigenvalue weighted by Gasteiger charge is -2.09. The molecule has 4 aromatic rings. The molecule has 8 heteroatoms. The van der Waals surface area contributed by atoms with Gasteiger partial charge in [0.25, 0.3) is 0 Å². The number of sulfonamides is 1. The summed E-state index contributed by atoms with van der Waals surface area (Å²) in [5, 5.41) is 0.312. The SMILES string of the molecule is CNS(=O)(=O)c1ccccc1-c1ccc2[nH]c(C=Cc3c(F)cccc3Cl)nc2c1. The van der Waals surface area contributed by atoms with Crippen LogP contribution in [0.1, 0.15) is 11.4 Å². The maximum atomic E-state index is 13.9. The fraction of sp³-hybridized carbons (Fsp3) is 0.0455. The molecule has 0 aliphatic rings. The van der Waals surface area contributed by atoms with Crippen LogP contribution in [-0.2, 0) is 10.0 Å². The molecule has 152 valence electrons. The average molecular weight is 442 g/mol. The molecule has 0 unspecified atom stereocenters. The second-order valence-corrected chi connectivity index (χ2v) is 8.79. The van der Waals surface area contributed by atoms with Gasteiger partial charge in [-0.15, -0.1) is 0 Å². The first-order valence-corrected chi connectivity index (χ1v) is 10.9. The van der Waals surface area contributed by atoms with Crippen LogP contribution in [0.5, 0.6) is 0 Å². The molecule has 0 aliphatic heterocycles. The molecule has 0 fully saturated rings. The van der Waals surface area contributed by atoms with E-state index < -0.39 is 15.8 Å². The monoisotopic (exact) mass is 441 g/mol. The molecule has 0 radical (unpaired) electrons.